The van der Waals surface area contributed by atoms with Gasteiger partial charge in [0.15, 0.2) is 0 Å². The predicted molar refractivity (Wildman–Crippen MR) is 79.4 cm³/mol. The van der Waals surface area contributed by atoms with Crippen LogP contribution >= 0.6 is 0 Å². The fourth-order valence-corrected chi connectivity index (χ4v) is 2.41. The molecule has 0 spiro atoms. The number of nitrogens with two attached hydrogens (primary N) is 1. The first-order valence-electron chi connectivity index (χ1n) is 6.95. The van der Waals surface area contributed by atoms with Gasteiger partial charge in [0.05, 0.1) is 6.54 Å². The number of nitrogens with one attached hydrogen (secondary N) is 1. The van der Waals surface area contributed by atoms with Crippen molar-refractivity contribution in [1.82, 2.24) is 19.7 Å². The molecule has 2 aromatic rings. The average molecular weight is 286 g/mol. The van der Waals surface area contributed by atoms with Crippen molar-refractivity contribution in [2.75, 3.05) is 24.1 Å². The number of carbonyl (C=O) groups is 1. The highest BCUT2D eigenvalue weighted by molar-refractivity contribution is 5.91. The molecule has 0 saturated heterocycles. The molecule has 110 valence electrons. The summed E-state index contributed by atoms with van der Waals surface area (Å²) in [4.78, 5) is 14.2. The highest BCUT2D eigenvalue weighted by atomic mass is 16.1. The van der Waals surface area contributed by atoms with Gasteiger partial charge in [-0.25, -0.2) is 0 Å². The summed E-state index contributed by atoms with van der Waals surface area (Å²) in [6.45, 7) is 3.24. The van der Waals surface area contributed by atoms with Crippen LogP contribution in [0.1, 0.15) is 12.2 Å². The van der Waals surface area contributed by atoms with Gasteiger partial charge >= 0.3 is 0 Å². The van der Waals surface area contributed by atoms with Gasteiger partial charge in [0.1, 0.15) is 12.2 Å². The number of nitrogen functional groups attached to an aromatic ring is 1. The number of nitrogens with zero attached hydrogens (tertiary/aromatic N) is 4. The van der Waals surface area contributed by atoms with Crippen molar-refractivity contribution >= 4 is 17.3 Å². The average Bonchev–Trinajstić information content (AvgIpc) is 2.92. The zero-order valence-corrected chi connectivity index (χ0v) is 11.7. The smallest absolute Gasteiger partial charge is 0.225 e. The molecule has 1 aromatic carbocycles. The number of aromatic nitrogens is 3. The number of benzene rings is 1. The first kappa shape index (κ1) is 13.6. The van der Waals surface area contributed by atoms with Crippen molar-refractivity contribution in [1.29, 1.82) is 0 Å². The quantitative estimate of drug-likeness (QED) is 0.808. The Balaban J connectivity index is 1.48. The molecule has 7 nitrogen and oxygen atoms in total. The number of hydrogen-bond acceptors (Lipinski definition) is 5. The number of hydrogen-bond donors (Lipinski definition) is 2. The van der Waals surface area contributed by atoms with Gasteiger partial charge in [0.25, 0.3) is 0 Å². The summed E-state index contributed by atoms with van der Waals surface area (Å²) in [5.41, 5.74) is 7.06. The molecule has 0 atom stereocenters. The number of rotatable bonds is 4. The Morgan fingerprint density at radius 3 is 3.14 bits per heavy atom. The van der Waals surface area contributed by atoms with Crippen LogP contribution in [0.4, 0.5) is 11.4 Å². The van der Waals surface area contributed by atoms with Crippen LogP contribution in [-0.2, 0) is 17.9 Å². The summed E-state index contributed by atoms with van der Waals surface area (Å²) in [5, 5.41) is 10.8. The molecule has 1 aromatic heterocycles. The minimum Gasteiger partial charge on any atom is -0.399 e. The predicted octanol–water partition coefficient (Wildman–Crippen LogP) is 0.705. The van der Waals surface area contributed by atoms with E-state index in [4.69, 9.17) is 5.73 Å². The van der Waals surface area contributed by atoms with Gasteiger partial charge in [0, 0.05) is 37.4 Å². The van der Waals surface area contributed by atoms with Crippen molar-refractivity contribution in [3.05, 3.63) is 36.4 Å². The second-order valence-corrected chi connectivity index (χ2v) is 5.14. The van der Waals surface area contributed by atoms with Gasteiger partial charge in [-0.05, 0) is 18.2 Å². The largest absolute Gasteiger partial charge is 0.399 e. The molecule has 0 unspecified atom stereocenters. The van der Waals surface area contributed by atoms with Gasteiger partial charge < -0.3 is 15.6 Å². The maximum atomic E-state index is 12.0. The molecule has 1 aliphatic heterocycles. The first-order chi connectivity index (χ1) is 10.2. The summed E-state index contributed by atoms with van der Waals surface area (Å²) in [6, 6.07) is 7.20. The summed E-state index contributed by atoms with van der Waals surface area (Å²) in [6.07, 6.45) is 2.20. The van der Waals surface area contributed by atoms with E-state index in [2.05, 4.69) is 20.4 Å². The van der Waals surface area contributed by atoms with Crippen LogP contribution in [0.3, 0.4) is 0 Å². The van der Waals surface area contributed by atoms with E-state index >= 15 is 0 Å². The van der Waals surface area contributed by atoms with Crippen LogP contribution in [0.2, 0.25) is 0 Å². The summed E-state index contributed by atoms with van der Waals surface area (Å²) >= 11 is 0. The number of amides is 1. The van der Waals surface area contributed by atoms with Gasteiger partial charge in [-0.15, -0.1) is 10.2 Å². The standard InChI is InChI=1S/C14H18N6O/c15-11-2-1-3-12(8-11)17-14(21)4-5-19-6-7-20-10-16-18-13(20)9-19/h1-3,8,10H,4-7,9,15H2,(H,17,21). The molecule has 0 bridgehead atoms. The van der Waals surface area contributed by atoms with Crippen LogP contribution in [-0.4, -0.2) is 38.7 Å². The molecule has 1 aliphatic rings. The molecule has 0 fully saturated rings. The monoisotopic (exact) mass is 286 g/mol. The van der Waals surface area contributed by atoms with E-state index < -0.39 is 0 Å². The van der Waals surface area contributed by atoms with Crippen molar-refractivity contribution in [2.24, 2.45) is 0 Å². The van der Waals surface area contributed by atoms with E-state index in [1.54, 1.807) is 18.5 Å². The lowest BCUT2D eigenvalue weighted by Gasteiger charge is -2.26. The molecule has 2 heterocycles. The summed E-state index contributed by atoms with van der Waals surface area (Å²) in [7, 11) is 0. The Hall–Kier alpha value is -2.41. The third-order valence-corrected chi connectivity index (χ3v) is 3.54. The van der Waals surface area contributed by atoms with E-state index in [1.165, 1.54) is 0 Å². The molecule has 3 N–H and O–H groups in total. The second kappa shape index (κ2) is 5.92. The Bertz CT molecular complexity index is 638. The highest BCUT2D eigenvalue weighted by Crippen LogP contribution is 2.13. The van der Waals surface area contributed by atoms with E-state index in [0.717, 1.165) is 31.1 Å². The molecule has 0 radical (unpaired) electrons. The fraction of sp³-hybridized carbons (Fsp3) is 0.357. The van der Waals surface area contributed by atoms with Gasteiger partial charge in [-0.1, -0.05) is 6.07 Å². The Kier molecular flexibility index (Phi) is 3.83. The van der Waals surface area contributed by atoms with Gasteiger partial charge in [0.2, 0.25) is 5.91 Å². The molecule has 0 aliphatic carbocycles. The summed E-state index contributed by atoms with van der Waals surface area (Å²) in [5.74, 6) is 0.949. The van der Waals surface area contributed by atoms with E-state index in [1.807, 2.05) is 16.7 Å². The normalized spacial score (nSPS) is 14.7. The molecule has 3 rings (SSSR count). The number of carbonyl (C=O) groups excluding carboxylic acids is 1. The second-order valence-electron chi connectivity index (χ2n) is 5.14. The lowest BCUT2D eigenvalue weighted by atomic mass is 10.2. The van der Waals surface area contributed by atoms with Crippen LogP contribution in [0, 0.1) is 0 Å². The Morgan fingerprint density at radius 2 is 2.29 bits per heavy atom. The lowest BCUT2D eigenvalue weighted by molar-refractivity contribution is -0.116. The fourth-order valence-electron chi connectivity index (χ4n) is 2.41. The Labute approximate surface area is 122 Å². The van der Waals surface area contributed by atoms with Crippen LogP contribution < -0.4 is 11.1 Å². The van der Waals surface area contributed by atoms with Crippen LogP contribution in [0.25, 0.3) is 0 Å². The van der Waals surface area contributed by atoms with Crippen molar-refractivity contribution < 1.29 is 4.79 Å². The zero-order chi connectivity index (χ0) is 14.7. The molecular formula is C14H18N6O. The maximum Gasteiger partial charge on any atom is 0.225 e. The highest BCUT2D eigenvalue weighted by Gasteiger charge is 2.17. The minimum atomic E-state index is -0.00681. The van der Waals surface area contributed by atoms with Crippen molar-refractivity contribution in [3.8, 4) is 0 Å². The van der Waals surface area contributed by atoms with Gasteiger partial charge in [-0.3, -0.25) is 9.69 Å². The Morgan fingerprint density at radius 1 is 1.38 bits per heavy atom. The molecule has 1 amide bonds. The number of fused-ring (bicyclic) bond motifs is 1. The molecule has 0 saturated carbocycles. The lowest BCUT2D eigenvalue weighted by Crippen LogP contribution is -2.35. The third-order valence-electron chi connectivity index (χ3n) is 3.54. The summed E-state index contributed by atoms with van der Waals surface area (Å²) < 4.78 is 2.04. The van der Waals surface area contributed by atoms with E-state index in [9.17, 15) is 4.79 Å². The zero-order valence-electron chi connectivity index (χ0n) is 11.7. The van der Waals surface area contributed by atoms with Crippen LogP contribution in [0.15, 0.2) is 30.6 Å². The van der Waals surface area contributed by atoms with Crippen molar-refractivity contribution in [2.45, 2.75) is 19.5 Å². The minimum absolute atomic E-state index is 0.00681. The van der Waals surface area contributed by atoms with Crippen LogP contribution in [0.5, 0.6) is 0 Å². The molecular weight excluding hydrogens is 268 g/mol. The maximum absolute atomic E-state index is 12.0. The SMILES string of the molecule is Nc1cccc(NC(=O)CCN2CCn3cnnc3C2)c1. The first-order valence-corrected chi connectivity index (χ1v) is 6.95. The number of anilines is 2. The third kappa shape index (κ3) is 3.38. The molecule has 7 heteroatoms. The van der Waals surface area contributed by atoms with Gasteiger partial charge in [-0.2, -0.15) is 0 Å². The topological polar surface area (TPSA) is 89.1 Å². The van der Waals surface area contributed by atoms with E-state index in [-0.39, 0.29) is 5.91 Å². The van der Waals surface area contributed by atoms with E-state index in [0.29, 0.717) is 18.7 Å². The van der Waals surface area contributed by atoms with Crippen molar-refractivity contribution in [3.63, 3.8) is 0 Å². The molecule has 21 heavy (non-hydrogen) atoms.